The van der Waals surface area contributed by atoms with E-state index in [4.69, 9.17) is 4.74 Å². The average molecular weight is 306 g/mol. The number of hydrogen-bond acceptors (Lipinski definition) is 3. The van der Waals surface area contributed by atoms with Crippen molar-refractivity contribution in [3.05, 3.63) is 29.3 Å². The van der Waals surface area contributed by atoms with Crippen molar-refractivity contribution in [3.8, 4) is 5.75 Å². The second-order valence-electron chi connectivity index (χ2n) is 5.97. The van der Waals surface area contributed by atoms with E-state index in [1.54, 1.807) is 0 Å². The molecule has 1 aromatic rings. The monoisotopic (exact) mass is 306 g/mol. The molecule has 0 heterocycles. The van der Waals surface area contributed by atoms with Crippen molar-refractivity contribution < 1.29 is 14.3 Å². The molecule has 0 saturated heterocycles. The van der Waals surface area contributed by atoms with Gasteiger partial charge in [-0.15, -0.1) is 0 Å². The normalized spacial score (nSPS) is 10.7. The highest BCUT2D eigenvalue weighted by Gasteiger charge is 2.09. The topological polar surface area (TPSA) is 67.4 Å². The second kappa shape index (κ2) is 8.41. The molecule has 0 saturated carbocycles. The summed E-state index contributed by atoms with van der Waals surface area (Å²) in [6.07, 6.45) is 0. The van der Waals surface area contributed by atoms with Gasteiger partial charge in [-0.1, -0.05) is 26.0 Å². The zero-order chi connectivity index (χ0) is 16.7. The van der Waals surface area contributed by atoms with Crippen LogP contribution in [-0.4, -0.2) is 31.0 Å². The Kier molecular flexibility index (Phi) is 6.89. The molecule has 0 aromatic heterocycles. The standard InChI is InChI=1S/C17H26N2O3/c1-11(2)14-7-6-13(5)15(8-14)22-10-17(21)18-9-16(20)19-12(3)4/h6-8,11-12H,9-10H2,1-5H3,(H,18,21)(H,19,20). The summed E-state index contributed by atoms with van der Waals surface area (Å²) in [4.78, 5) is 23.2. The van der Waals surface area contributed by atoms with Gasteiger partial charge < -0.3 is 15.4 Å². The van der Waals surface area contributed by atoms with Crippen molar-refractivity contribution in [1.29, 1.82) is 0 Å². The van der Waals surface area contributed by atoms with E-state index in [2.05, 4.69) is 30.5 Å². The van der Waals surface area contributed by atoms with E-state index in [0.717, 1.165) is 11.1 Å². The molecule has 0 radical (unpaired) electrons. The zero-order valence-corrected chi connectivity index (χ0v) is 14.0. The van der Waals surface area contributed by atoms with Crippen molar-refractivity contribution in [2.45, 2.75) is 46.6 Å². The highest BCUT2D eigenvalue weighted by atomic mass is 16.5. The van der Waals surface area contributed by atoms with Gasteiger partial charge in [0.25, 0.3) is 5.91 Å². The first kappa shape index (κ1) is 18.0. The van der Waals surface area contributed by atoms with Crippen LogP contribution < -0.4 is 15.4 Å². The third kappa shape index (κ3) is 6.16. The fourth-order valence-electron chi connectivity index (χ4n) is 1.88. The van der Waals surface area contributed by atoms with Crippen LogP contribution in [-0.2, 0) is 9.59 Å². The van der Waals surface area contributed by atoms with Crippen LogP contribution in [0.3, 0.4) is 0 Å². The summed E-state index contributed by atoms with van der Waals surface area (Å²) in [6, 6.07) is 6.06. The summed E-state index contributed by atoms with van der Waals surface area (Å²) >= 11 is 0. The van der Waals surface area contributed by atoms with Crippen LogP contribution in [0.5, 0.6) is 5.75 Å². The molecule has 0 aliphatic heterocycles. The molecule has 5 nitrogen and oxygen atoms in total. The molecule has 2 amide bonds. The van der Waals surface area contributed by atoms with Gasteiger partial charge in [-0.05, 0) is 43.9 Å². The number of amides is 2. The quantitative estimate of drug-likeness (QED) is 0.811. The summed E-state index contributed by atoms with van der Waals surface area (Å²) in [5.41, 5.74) is 2.15. The summed E-state index contributed by atoms with van der Waals surface area (Å²) in [5.74, 6) is 0.582. The molecule has 0 bridgehead atoms. The Balaban J connectivity index is 2.47. The largest absolute Gasteiger partial charge is 0.483 e. The molecule has 5 heteroatoms. The van der Waals surface area contributed by atoms with Gasteiger partial charge >= 0.3 is 0 Å². The number of benzene rings is 1. The van der Waals surface area contributed by atoms with Crippen LogP contribution in [0.2, 0.25) is 0 Å². The maximum absolute atomic E-state index is 11.7. The lowest BCUT2D eigenvalue weighted by atomic mass is 10.0. The summed E-state index contributed by atoms with van der Waals surface area (Å²) in [7, 11) is 0. The van der Waals surface area contributed by atoms with Gasteiger partial charge in [-0.25, -0.2) is 0 Å². The van der Waals surface area contributed by atoms with Crippen LogP contribution in [0.4, 0.5) is 0 Å². The van der Waals surface area contributed by atoms with E-state index >= 15 is 0 Å². The lowest BCUT2D eigenvalue weighted by Gasteiger charge is -2.13. The summed E-state index contributed by atoms with van der Waals surface area (Å²) < 4.78 is 5.56. The van der Waals surface area contributed by atoms with E-state index in [0.29, 0.717) is 11.7 Å². The van der Waals surface area contributed by atoms with Crippen molar-refractivity contribution in [1.82, 2.24) is 10.6 Å². The number of aryl methyl sites for hydroxylation is 1. The van der Waals surface area contributed by atoms with E-state index in [1.165, 1.54) is 0 Å². The van der Waals surface area contributed by atoms with Crippen LogP contribution in [0.1, 0.15) is 44.7 Å². The Bertz CT molecular complexity index is 525. The van der Waals surface area contributed by atoms with Gasteiger partial charge in [0, 0.05) is 6.04 Å². The summed E-state index contributed by atoms with van der Waals surface area (Å²) in [5, 5.41) is 5.25. The predicted molar refractivity (Wildman–Crippen MR) is 87.1 cm³/mol. The van der Waals surface area contributed by atoms with E-state index < -0.39 is 0 Å². The van der Waals surface area contributed by atoms with E-state index in [9.17, 15) is 9.59 Å². The molecule has 0 spiro atoms. The molecule has 0 unspecified atom stereocenters. The molecular formula is C17H26N2O3. The average Bonchev–Trinajstić information content (AvgIpc) is 2.43. The lowest BCUT2D eigenvalue weighted by Crippen LogP contribution is -2.41. The molecule has 122 valence electrons. The van der Waals surface area contributed by atoms with Crippen molar-refractivity contribution in [2.24, 2.45) is 0 Å². The van der Waals surface area contributed by atoms with Gasteiger partial charge in [-0.3, -0.25) is 9.59 Å². The third-order valence-corrected chi connectivity index (χ3v) is 3.13. The maximum Gasteiger partial charge on any atom is 0.258 e. The molecule has 0 atom stereocenters. The predicted octanol–water partition coefficient (Wildman–Crippen LogP) is 2.14. The fraction of sp³-hybridized carbons (Fsp3) is 0.529. The molecule has 0 aliphatic carbocycles. The van der Waals surface area contributed by atoms with Crippen LogP contribution >= 0.6 is 0 Å². The Hall–Kier alpha value is -2.04. The fourth-order valence-corrected chi connectivity index (χ4v) is 1.88. The molecule has 1 aromatic carbocycles. The lowest BCUT2D eigenvalue weighted by molar-refractivity contribution is -0.127. The highest BCUT2D eigenvalue weighted by Crippen LogP contribution is 2.24. The van der Waals surface area contributed by atoms with Crippen molar-refractivity contribution in [3.63, 3.8) is 0 Å². The van der Waals surface area contributed by atoms with E-state index in [-0.39, 0.29) is 31.0 Å². The Morgan fingerprint density at radius 2 is 1.82 bits per heavy atom. The minimum atomic E-state index is -0.312. The number of ether oxygens (including phenoxy) is 1. The Morgan fingerprint density at radius 3 is 2.41 bits per heavy atom. The van der Waals surface area contributed by atoms with Crippen LogP contribution in [0.25, 0.3) is 0 Å². The first-order chi connectivity index (χ1) is 10.3. The Morgan fingerprint density at radius 1 is 1.14 bits per heavy atom. The first-order valence-corrected chi connectivity index (χ1v) is 7.59. The molecular weight excluding hydrogens is 280 g/mol. The minimum absolute atomic E-state index is 0.0363. The maximum atomic E-state index is 11.7. The minimum Gasteiger partial charge on any atom is -0.483 e. The smallest absolute Gasteiger partial charge is 0.258 e. The van der Waals surface area contributed by atoms with Crippen molar-refractivity contribution >= 4 is 11.8 Å². The number of rotatable bonds is 7. The van der Waals surface area contributed by atoms with Crippen LogP contribution in [0, 0.1) is 6.92 Å². The number of carbonyl (C=O) groups is 2. The van der Waals surface area contributed by atoms with Crippen molar-refractivity contribution in [2.75, 3.05) is 13.2 Å². The Labute approximate surface area is 132 Å². The van der Waals surface area contributed by atoms with Gasteiger partial charge in [-0.2, -0.15) is 0 Å². The van der Waals surface area contributed by atoms with Gasteiger partial charge in [0.2, 0.25) is 5.91 Å². The zero-order valence-electron chi connectivity index (χ0n) is 14.0. The molecule has 22 heavy (non-hydrogen) atoms. The van der Waals surface area contributed by atoms with Gasteiger partial charge in [0.1, 0.15) is 5.75 Å². The SMILES string of the molecule is Cc1ccc(C(C)C)cc1OCC(=O)NCC(=O)NC(C)C. The molecule has 0 aliphatic rings. The number of hydrogen-bond donors (Lipinski definition) is 2. The van der Waals surface area contributed by atoms with Gasteiger partial charge in [0.05, 0.1) is 6.54 Å². The molecule has 0 fully saturated rings. The number of nitrogens with one attached hydrogen (secondary N) is 2. The summed E-state index contributed by atoms with van der Waals surface area (Å²) in [6.45, 7) is 9.75. The first-order valence-electron chi connectivity index (χ1n) is 7.59. The second-order valence-corrected chi connectivity index (χ2v) is 5.97. The van der Waals surface area contributed by atoms with E-state index in [1.807, 2.05) is 32.9 Å². The molecule has 2 N–H and O–H groups in total. The third-order valence-electron chi connectivity index (χ3n) is 3.13. The van der Waals surface area contributed by atoms with Crippen LogP contribution in [0.15, 0.2) is 18.2 Å². The molecule has 1 rings (SSSR count). The van der Waals surface area contributed by atoms with Gasteiger partial charge in [0.15, 0.2) is 6.61 Å². The number of carbonyl (C=O) groups excluding carboxylic acids is 2. The highest BCUT2D eigenvalue weighted by molar-refractivity contribution is 5.85.